The van der Waals surface area contributed by atoms with Crippen LogP contribution in [-0.4, -0.2) is 35.6 Å². The van der Waals surface area contributed by atoms with Crippen molar-refractivity contribution in [1.82, 2.24) is 5.32 Å². The molecule has 2 unspecified atom stereocenters. The van der Waals surface area contributed by atoms with Gasteiger partial charge in [-0.25, -0.2) is 9.18 Å². The van der Waals surface area contributed by atoms with Crippen molar-refractivity contribution in [2.24, 2.45) is 0 Å². The van der Waals surface area contributed by atoms with Gasteiger partial charge in [0.1, 0.15) is 18.8 Å². The number of nitrogens with one attached hydrogen (secondary N) is 1. The van der Waals surface area contributed by atoms with Crippen molar-refractivity contribution in [2.45, 2.75) is 18.1 Å². The van der Waals surface area contributed by atoms with Gasteiger partial charge in [0.05, 0.1) is 10.0 Å². The number of benzene rings is 3. The molecule has 1 aliphatic carbocycles. The van der Waals surface area contributed by atoms with E-state index in [1.807, 2.05) is 48.5 Å². The van der Waals surface area contributed by atoms with Gasteiger partial charge in [0.25, 0.3) is 0 Å². The Hall–Kier alpha value is -2.64. The van der Waals surface area contributed by atoms with Crippen LogP contribution in [0.15, 0.2) is 60.7 Å². The molecule has 0 saturated heterocycles. The maximum Gasteiger partial charge on any atom is 0.407 e. The monoisotopic (exact) mass is 475 g/mol. The second-order valence-corrected chi connectivity index (χ2v) is 8.33. The lowest BCUT2D eigenvalue weighted by Gasteiger charge is -2.20. The minimum absolute atomic E-state index is 0.0906. The Kier molecular flexibility index (Phi) is 6.67. The lowest BCUT2D eigenvalue weighted by molar-refractivity contribution is 0.0185. The molecular weight excluding hydrogens is 456 g/mol. The number of ether oxygens (including phenoxy) is 1. The molecular formula is C24H20Cl2FNO4. The van der Waals surface area contributed by atoms with Gasteiger partial charge in [-0.05, 0) is 39.9 Å². The first-order chi connectivity index (χ1) is 15.4. The molecule has 3 N–H and O–H groups in total. The fourth-order valence-electron chi connectivity index (χ4n) is 3.92. The molecule has 0 heterocycles. The number of aliphatic hydroxyl groups is 2. The van der Waals surface area contributed by atoms with Crippen molar-refractivity contribution in [2.75, 3.05) is 13.2 Å². The molecule has 32 heavy (non-hydrogen) atoms. The first kappa shape index (κ1) is 22.6. The summed E-state index contributed by atoms with van der Waals surface area (Å²) < 4.78 is 18.9. The minimum Gasteiger partial charge on any atom is -0.449 e. The van der Waals surface area contributed by atoms with Gasteiger partial charge in [0, 0.05) is 12.5 Å². The van der Waals surface area contributed by atoms with Gasteiger partial charge in [0.2, 0.25) is 0 Å². The number of carbonyl (C=O) groups is 1. The van der Waals surface area contributed by atoms with Crippen LogP contribution in [0.3, 0.4) is 0 Å². The van der Waals surface area contributed by atoms with Crippen LogP contribution in [0.1, 0.15) is 28.7 Å². The SMILES string of the molecule is O=C(NCC(O)C(O)c1cc(Cl)c(F)c(Cl)c1)OCC1c2ccccc2-c2ccccc21. The normalized spacial score (nSPS) is 14.4. The molecule has 8 heteroatoms. The molecule has 166 valence electrons. The second-order valence-electron chi connectivity index (χ2n) is 7.52. The van der Waals surface area contributed by atoms with E-state index >= 15 is 0 Å². The highest BCUT2D eigenvalue weighted by Crippen LogP contribution is 2.44. The molecule has 0 saturated carbocycles. The van der Waals surface area contributed by atoms with Crippen LogP contribution in [0.4, 0.5) is 9.18 Å². The fraction of sp³-hybridized carbons (Fsp3) is 0.208. The molecule has 0 aliphatic heterocycles. The summed E-state index contributed by atoms with van der Waals surface area (Å²) in [6.07, 6.45) is -3.54. The molecule has 1 amide bonds. The van der Waals surface area contributed by atoms with Gasteiger partial charge >= 0.3 is 6.09 Å². The van der Waals surface area contributed by atoms with Crippen molar-refractivity contribution in [3.63, 3.8) is 0 Å². The van der Waals surface area contributed by atoms with Crippen molar-refractivity contribution in [3.05, 3.63) is 93.2 Å². The lowest BCUT2D eigenvalue weighted by Crippen LogP contribution is -2.36. The molecule has 1 aliphatic rings. The third kappa shape index (κ3) is 4.45. The molecule has 0 bridgehead atoms. The summed E-state index contributed by atoms with van der Waals surface area (Å²) in [5.41, 5.74) is 4.53. The predicted octanol–water partition coefficient (Wildman–Crippen LogP) is 5.07. The number of carbonyl (C=O) groups excluding carboxylic acids is 1. The average Bonchev–Trinajstić information content (AvgIpc) is 3.12. The van der Waals surface area contributed by atoms with Crippen LogP contribution >= 0.6 is 23.2 Å². The van der Waals surface area contributed by atoms with E-state index in [1.165, 1.54) is 12.1 Å². The van der Waals surface area contributed by atoms with Crippen LogP contribution in [-0.2, 0) is 4.74 Å². The maximum absolute atomic E-state index is 13.5. The van der Waals surface area contributed by atoms with E-state index < -0.39 is 24.1 Å². The standard InChI is InChI=1S/C24H20Cl2FNO4/c25-19-9-13(10-20(26)22(19)27)23(30)21(29)11-28-24(31)32-12-18-16-7-3-1-5-14(16)15-6-2-4-8-17(15)18/h1-10,18,21,23,29-30H,11-12H2,(H,28,31). The first-order valence-corrected chi connectivity index (χ1v) is 10.7. The minimum atomic E-state index is -1.43. The largest absolute Gasteiger partial charge is 0.449 e. The van der Waals surface area contributed by atoms with Gasteiger partial charge in [-0.15, -0.1) is 0 Å². The third-order valence-electron chi connectivity index (χ3n) is 5.51. The van der Waals surface area contributed by atoms with Gasteiger partial charge in [-0.2, -0.15) is 0 Å². The van der Waals surface area contributed by atoms with Gasteiger partial charge < -0.3 is 20.3 Å². The van der Waals surface area contributed by atoms with Crippen LogP contribution in [0, 0.1) is 5.82 Å². The smallest absolute Gasteiger partial charge is 0.407 e. The number of halogens is 3. The number of hydrogen-bond donors (Lipinski definition) is 3. The van der Waals surface area contributed by atoms with E-state index in [2.05, 4.69) is 5.32 Å². The molecule has 0 spiro atoms. The summed E-state index contributed by atoms with van der Waals surface area (Å²) in [6.45, 7) is -0.161. The van der Waals surface area contributed by atoms with E-state index in [4.69, 9.17) is 27.9 Å². The van der Waals surface area contributed by atoms with Gasteiger partial charge in [-0.1, -0.05) is 71.7 Å². The summed E-state index contributed by atoms with van der Waals surface area (Å²) >= 11 is 11.5. The number of hydrogen-bond acceptors (Lipinski definition) is 4. The van der Waals surface area contributed by atoms with Crippen molar-refractivity contribution < 1.29 is 24.1 Å². The Labute approximate surface area is 194 Å². The molecule has 3 aromatic carbocycles. The second kappa shape index (κ2) is 9.46. The predicted molar refractivity (Wildman–Crippen MR) is 120 cm³/mol. The maximum atomic E-state index is 13.5. The Bertz CT molecular complexity index is 1090. The summed E-state index contributed by atoms with van der Waals surface area (Å²) in [4.78, 5) is 12.2. The molecule has 0 fully saturated rings. The Morgan fingerprint density at radius 1 is 1.00 bits per heavy atom. The Balaban J connectivity index is 1.35. The lowest BCUT2D eigenvalue weighted by atomic mass is 9.98. The summed E-state index contributed by atoms with van der Waals surface area (Å²) in [6, 6.07) is 18.3. The number of rotatable bonds is 6. The molecule has 2 atom stereocenters. The topological polar surface area (TPSA) is 78.8 Å². The van der Waals surface area contributed by atoms with Crippen molar-refractivity contribution in [3.8, 4) is 11.1 Å². The number of alkyl carbamates (subject to hydrolysis) is 1. The van der Waals surface area contributed by atoms with Crippen molar-refractivity contribution in [1.29, 1.82) is 0 Å². The van der Waals surface area contributed by atoms with E-state index in [0.717, 1.165) is 22.3 Å². The summed E-state index contributed by atoms with van der Waals surface area (Å²) in [5.74, 6) is -0.900. The van der Waals surface area contributed by atoms with Crippen LogP contribution in [0.5, 0.6) is 0 Å². The number of aliphatic hydroxyl groups excluding tert-OH is 2. The zero-order valence-electron chi connectivity index (χ0n) is 16.8. The number of fused-ring (bicyclic) bond motifs is 3. The van der Waals surface area contributed by atoms with E-state index in [-0.39, 0.29) is 34.7 Å². The highest BCUT2D eigenvalue weighted by Gasteiger charge is 2.29. The fourth-order valence-corrected chi connectivity index (χ4v) is 4.42. The van der Waals surface area contributed by atoms with E-state index in [9.17, 15) is 19.4 Å². The van der Waals surface area contributed by atoms with Crippen LogP contribution in [0.2, 0.25) is 10.0 Å². The zero-order chi connectivity index (χ0) is 22.8. The average molecular weight is 476 g/mol. The number of amides is 1. The first-order valence-electron chi connectivity index (χ1n) is 9.96. The summed E-state index contributed by atoms with van der Waals surface area (Å²) in [5, 5.41) is 22.4. The molecule has 3 aromatic rings. The Morgan fingerprint density at radius 2 is 1.53 bits per heavy atom. The quantitative estimate of drug-likeness (QED) is 0.435. The highest BCUT2D eigenvalue weighted by molar-refractivity contribution is 6.35. The molecule has 5 nitrogen and oxygen atoms in total. The molecule has 4 rings (SSSR count). The van der Waals surface area contributed by atoms with Gasteiger partial charge in [0.15, 0.2) is 5.82 Å². The van der Waals surface area contributed by atoms with E-state index in [1.54, 1.807) is 0 Å². The van der Waals surface area contributed by atoms with Crippen LogP contribution in [0.25, 0.3) is 11.1 Å². The van der Waals surface area contributed by atoms with Crippen molar-refractivity contribution >= 4 is 29.3 Å². The van der Waals surface area contributed by atoms with Crippen LogP contribution < -0.4 is 5.32 Å². The van der Waals surface area contributed by atoms with Gasteiger partial charge in [-0.3, -0.25) is 0 Å². The Morgan fingerprint density at radius 3 is 2.09 bits per heavy atom. The van der Waals surface area contributed by atoms with E-state index in [0.29, 0.717) is 0 Å². The third-order valence-corrected chi connectivity index (χ3v) is 6.06. The zero-order valence-corrected chi connectivity index (χ0v) is 18.3. The summed E-state index contributed by atoms with van der Waals surface area (Å²) in [7, 11) is 0. The highest BCUT2D eigenvalue weighted by atomic mass is 35.5. The molecule has 0 aromatic heterocycles. The molecule has 0 radical (unpaired) electrons.